The number of hydrogen-bond donors (Lipinski definition) is 1. The van der Waals surface area contributed by atoms with E-state index in [-0.39, 0.29) is 6.61 Å². The summed E-state index contributed by atoms with van der Waals surface area (Å²) in [5.41, 5.74) is 0. The van der Waals surface area contributed by atoms with E-state index in [4.69, 9.17) is 4.42 Å². The van der Waals surface area contributed by atoms with Crippen molar-refractivity contribution < 1.29 is 9.52 Å². The van der Waals surface area contributed by atoms with Gasteiger partial charge >= 0.3 is 0 Å². The fraction of sp³-hybridized carbons (Fsp3) is 0.733. The number of aliphatic hydroxyl groups excluding tert-OH is 1. The minimum absolute atomic E-state index is 0.259. The van der Waals surface area contributed by atoms with Gasteiger partial charge < -0.3 is 14.4 Å². The quantitative estimate of drug-likeness (QED) is 0.852. The topological polar surface area (TPSA) is 39.9 Å². The second-order valence-electron chi connectivity index (χ2n) is 5.87. The summed E-state index contributed by atoms with van der Waals surface area (Å²) in [6.07, 6.45) is 2.57. The Morgan fingerprint density at radius 1 is 1.42 bits per heavy atom. The maximum Gasteiger partial charge on any atom is 0.117 e. The zero-order chi connectivity index (χ0) is 13.7. The highest BCUT2D eigenvalue weighted by Gasteiger charge is 2.27. The van der Waals surface area contributed by atoms with E-state index in [1.54, 1.807) is 6.26 Å². The first-order valence-electron chi connectivity index (χ1n) is 7.28. The summed E-state index contributed by atoms with van der Waals surface area (Å²) in [7, 11) is 0. The van der Waals surface area contributed by atoms with Crippen LogP contribution in [0.1, 0.15) is 26.0 Å². The summed E-state index contributed by atoms with van der Waals surface area (Å²) in [5.74, 6) is 1.71. The zero-order valence-corrected chi connectivity index (χ0v) is 12.1. The van der Waals surface area contributed by atoms with Gasteiger partial charge in [-0.2, -0.15) is 0 Å². The van der Waals surface area contributed by atoms with Crippen molar-refractivity contribution in [2.45, 2.75) is 32.9 Å². The molecule has 0 unspecified atom stereocenters. The van der Waals surface area contributed by atoms with Crippen LogP contribution in [0.4, 0.5) is 0 Å². The fourth-order valence-electron chi connectivity index (χ4n) is 2.87. The van der Waals surface area contributed by atoms with E-state index in [2.05, 4.69) is 23.6 Å². The molecule has 1 atom stereocenters. The SMILES string of the molecule is CC(C)CN1CCN(Cc2ccco2)[C@H](CCO)C1. The van der Waals surface area contributed by atoms with Gasteiger partial charge in [-0.3, -0.25) is 4.90 Å². The van der Waals surface area contributed by atoms with Crippen LogP contribution in [0, 0.1) is 5.92 Å². The van der Waals surface area contributed by atoms with Gasteiger partial charge in [0.2, 0.25) is 0 Å². The Kier molecular flexibility index (Phi) is 5.43. The van der Waals surface area contributed by atoms with Gasteiger partial charge in [-0.25, -0.2) is 0 Å². The van der Waals surface area contributed by atoms with Crippen molar-refractivity contribution in [1.82, 2.24) is 9.80 Å². The Bertz CT molecular complexity index is 351. The van der Waals surface area contributed by atoms with Crippen LogP contribution in [0.15, 0.2) is 22.8 Å². The van der Waals surface area contributed by atoms with Gasteiger partial charge in [-0.15, -0.1) is 0 Å². The summed E-state index contributed by atoms with van der Waals surface area (Å²) in [4.78, 5) is 4.95. The van der Waals surface area contributed by atoms with Crippen molar-refractivity contribution in [3.63, 3.8) is 0 Å². The summed E-state index contributed by atoms with van der Waals surface area (Å²) < 4.78 is 5.44. The first kappa shape index (κ1) is 14.6. The average molecular weight is 266 g/mol. The largest absolute Gasteiger partial charge is 0.468 e. The third-order valence-electron chi connectivity index (χ3n) is 3.71. The Balaban J connectivity index is 1.92. The molecular formula is C15H26N2O2. The summed E-state index contributed by atoms with van der Waals surface area (Å²) >= 11 is 0. The van der Waals surface area contributed by atoms with E-state index >= 15 is 0 Å². The third kappa shape index (κ3) is 4.34. The molecule has 0 bridgehead atoms. The molecule has 0 amide bonds. The van der Waals surface area contributed by atoms with Gasteiger partial charge in [-0.1, -0.05) is 13.8 Å². The third-order valence-corrected chi connectivity index (χ3v) is 3.71. The van der Waals surface area contributed by atoms with Crippen LogP contribution in [0.2, 0.25) is 0 Å². The van der Waals surface area contributed by atoms with Crippen LogP contribution in [0.5, 0.6) is 0 Å². The first-order valence-corrected chi connectivity index (χ1v) is 7.28. The number of furan rings is 1. The van der Waals surface area contributed by atoms with Crippen molar-refractivity contribution in [3.8, 4) is 0 Å². The average Bonchev–Trinajstić information content (AvgIpc) is 2.85. The highest BCUT2D eigenvalue weighted by molar-refractivity contribution is 4.99. The maximum absolute atomic E-state index is 9.26. The van der Waals surface area contributed by atoms with Crippen molar-refractivity contribution in [2.75, 3.05) is 32.8 Å². The normalized spacial score (nSPS) is 22.2. The predicted octanol–water partition coefficient (Wildman–Crippen LogP) is 1.80. The number of nitrogens with zero attached hydrogens (tertiary/aromatic N) is 2. The molecule has 1 N–H and O–H groups in total. The van der Waals surface area contributed by atoms with Crippen molar-refractivity contribution in [3.05, 3.63) is 24.2 Å². The van der Waals surface area contributed by atoms with Gasteiger partial charge in [0.15, 0.2) is 0 Å². The molecular weight excluding hydrogens is 240 g/mol. The van der Waals surface area contributed by atoms with Gasteiger partial charge in [-0.05, 0) is 24.5 Å². The van der Waals surface area contributed by atoms with Crippen LogP contribution in [0.3, 0.4) is 0 Å². The second-order valence-corrected chi connectivity index (χ2v) is 5.87. The number of piperazine rings is 1. The molecule has 4 heteroatoms. The second kappa shape index (κ2) is 7.08. The van der Waals surface area contributed by atoms with E-state index in [0.717, 1.165) is 44.9 Å². The van der Waals surface area contributed by atoms with Crippen LogP contribution in [-0.4, -0.2) is 53.7 Å². The Morgan fingerprint density at radius 3 is 2.89 bits per heavy atom. The van der Waals surface area contributed by atoms with Crippen molar-refractivity contribution >= 4 is 0 Å². The van der Waals surface area contributed by atoms with Gasteiger partial charge in [0.25, 0.3) is 0 Å². The van der Waals surface area contributed by atoms with Gasteiger partial charge in [0.1, 0.15) is 5.76 Å². The van der Waals surface area contributed by atoms with Crippen LogP contribution in [0.25, 0.3) is 0 Å². The van der Waals surface area contributed by atoms with Gasteiger partial charge in [0.05, 0.1) is 12.8 Å². The number of hydrogen-bond acceptors (Lipinski definition) is 4. The minimum atomic E-state index is 0.259. The molecule has 0 aromatic carbocycles. The summed E-state index contributed by atoms with van der Waals surface area (Å²) in [6.45, 7) is 10.0. The van der Waals surface area contributed by atoms with Crippen molar-refractivity contribution in [1.29, 1.82) is 0 Å². The molecule has 1 aliphatic rings. The minimum Gasteiger partial charge on any atom is -0.468 e. The Morgan fingerprint density at radius 2 is 2.26 bits per heavy atom. The number of aliphatic hydroxyl groups is 1. The fourth-order valence-corrected chi connectivity index (χ4v) is 2.87. The predicted molar refractivity (Wildman–Crippen MR) is 75.9 cm³/mol. The molecule has 1 saturated heterocycles. The molecule has 1 aromatic heterocycles. The molecule has 108 valence electrons. The monoisotopic (exact) mass is 266 g/mol. The molecule has 0 saturated carbocycles. The lowest BCUT2D eigenvalue weighted by atomic mass is 10.1. The van der Waals surface area contributed by atoms with Crippen LogP contribution >= 0.6 is 0 Å². The molecule has 0 aliphatic carbocycles. The lowest BCUT2D eigenvalue weighted by molar-refractivity contribution is 0.0441. The van der Waals surface area contributed by atoms with Crippen molar-refractivity contribution in [2.24, 2.45) is 5.92 Å². The Labute approximate surface area is 116 Å². The van der Waals surface area contributed by atoms with Crippen LogP contribution < -0.4 is 0 Å². The smallest absolute Gasteiger partial charge is 0.117 e. The van der Waals surface area contributed by atoms with E-state index in [9.17, 15) is 5.11 Å². The zero-order valence-electron chi connectivity index (χ0n) is 12.1. The maximum atomic E-state index is 9.26. The Hall–Kier alpha value is -0.840. The molecule has 4 nitrogen and oxygen atoms in total. The molecule has 2 rings (SSSR count). The van der Waals surface area contributed by atoms with Crippen LogP contribution in [-0.2, 0) is 6.54 Å². The lowest BCUT2D eigenvalue weighted by Crippen LogP contribution is -2.53. The summed E-state index contributed by atoms with van der Waals surface area (Å²) in [6, 6.07) is 4.39. The molecule has 0 radical (unpaired) electrons. The highest BCUT2D eigenvalue weighted by Crippen LogP contribution is 2.17. The van der Waals surface area contributed by atoms with Gasteiger partial charge in [0, 0.05) is 38.8 Å². The molecule has 1 aliphatic heterocycles. The molecule has 0 spiro atoms. The number of rotatable bonds is 6. The molecule has 1 aromatic rings. The van der Waals surface area contributed by atoms with E-state index in [1.165, 1.54) is 0 Å². The standard InChI is InChI=1S/C15H26N2O2/c1-13(2)10-16-6-7-17(14(11-16)5-8-18)12-15-4-3-9-19-15/h3-4,9,13-14,18H,5-8,10-12H2,1-2H3/t14-/m1/s1. The van der Waals surface area contributed by atoms with E-state index < -0.39 is 0 Å². The summed E-state index contributed by atoms with van der Waals surface area (Å²) in [5, 5.41) is 9.26. The molecule has 2 heterocycles. The molecule has 19 heavy (non-hydrogen) atoms. The lowest BCUT2D eigenvalue weighted by Gasteiger charge is -2.41. The highest BCUT2D eigenvalue weighted by atomic mass is 16.3. The first-order chi connectivity index (χ1) is 9.19. The molecule has 1 fully saturated rings. The van der Waals surface area contributed by atoms with E-state index in [0.29, 0.717) is 12.0 Å². The van der Waals surface area contributed by atoms with E-state index in [1.807, 2.05) is 12.1 Å².